The van der Waals surface area contributed by atoms with E-state index in [4.69, 9.17) is 4.74 Å². The highest BCUT2D eigenvalue weighted by atomic mass is 32.2. The molecule has 0 aromatic heterocycles. The zero-order valence-corrected chi connectivity index (χ0v) is 8.56. The standard InChI is InChI=1S/C9H17NOS/c1-6-3-4-8(11-6)9-10-5-7(2)12-9/h6-10H,3-5H2,1-2H3. The summed E-state index contributed by atoms with van der Waals surface area (Å²) in [7, 11) is 0. The highest BCUT2D eigenvalue weighted by Crippen LogP contribution is 2.32. The summed E-state index contributed by atoms with van der Waals surface area (Å²) < 4.78 is 5.81. The molecule has 0 saturated carbocycles. The Bertz CT molecular complexity index is 147. The van der Waals surface area contributed by atoms with Crippen LogP contribution in [-0.4, -0.2) is 29.4 Å². The minimum Gasteiger partial charge on any atom is -0.373 e. The molecule has 0 aromatic rings. The molecule has 2 aliphatic rings. The van der Waals surface area contributed by atoms with Gasteiger partial charge in [0.1, 0.15) is 0 Å². The van der Waals surface area contributed by atoms with Crippen molar-refractivity contribution < 1.29 is 4.74 Å². The van der Waals surface area contributed by atoms with E-state index in [1.165, 1.54) is 12.8 Å². The van der Waals surface area contributed by atoms with Crippen molar-refractivity contribution in [1.82, 2.24) is 5.32 Å². The van der Waals surface area contributed by atoms with E-state index in [1.54, 1.807) is 0 Å². The summed E-state index contributed by atoms with van der Waals surface area (Å²) in [6.07, 6.45) is 3.42. The number of hydrogen-bond acceptors (Lipinski definition) is 3. The van der Waals surface area contributed by atoms with Crippen molar-refractivity contribution in [3.8, 4) is 0 Å². The largest absolute Gasteiger partial charge is 0.373 e. The molecule has 4 atom stereocenters. The van der Waals surface area contributed by atoms with Crippen molar-refractivity contribution >= 4 is 11.8 Å². The third kappa shape index (κ3) is 1.78. The van der Waals surface area contributed by atoms with Gasteiger partial charge in [0.2, 0.25) is 0 Å². The summed E-state index contributed by atoms with van der Waals surface area (Å²) >= 11 is 2.03. The van der Waals surface area contributed by atoms with Crippen molar-refractivity contribution in [2.45, 2.75) is 49.5 Å². The van der Waals surface area contributed by atoms with Gasteiger partial charge in [-0.25, -0.2) is 0 Å². The lowest BCUT2D eigenvalue weighted by molar-refractivity contribution is 0.0510. The van der Waals surface area contributed by atoms with Gasteiger partial charge in [-0.1, -0.05) is 6.92 Å². The molecule has 2 rings (SSSR count). The van der Waals surface area contributed by atoms with Crippen LogP contribution in [0.1, 0.15) is 26.7 Å². The monoisotopic (exact) mass is 187 g/mol. The number of ether oxygens (including phenoxy) is 1. The lowest BCUT2D eigenvalue weighted by Gasteiger charge is -2.17. The van der Waals surface area contributed by atoms with Gasteiger partial charge in [-0.3, -0.25) is 0 Å². The van der Waals surface area contributed by atoms with E-state index >= 15 is 0 Å². The molecule has 0 bridgehead atoms. The van der Waals surface area contributed by atoms with Gasteiger partial charge in [-0.15, -0.1) is 11.8 Å². The highest BCUT2D eigenvalue weighted by Gasteiger charge is 2.33. The number of hydrogen-bond donors (Lipinski definition) is 1. The smallest absolute Gasteiger partial charge is 0.0826 e. The fraction of sp³-hybridized carbons (Fsp3) is 1.00. The summed E-state index contributed by atoms with van der Waals surface area (Å²) in [6.45, 7) is 5.59. The van der Waals surface area contributed by atoms with Crippen LogP contribution in [0.3, 0.4) is 0 Å². The molecule has 2 heterocycles. The molecule has 0 aromatic carbocycles. The van der Waals surface area contributed by atoms with E-state index in [1.807, 2.05) is 11.8 Å². The molecule has 0 spiro atoms. The van der Waals surface area contributed by atoms with Gasteiger partial charge in [0.15, 0.2) is 0 Å². The van der Waals surface area contributed by atoms with E-state index < -0.39 is 0 Å². The van der Waals surface area contributed by atoms with Crippen LogP contribution in [0.2, 0.25) is 0 Å². The van der Waals surface area contributed by atoms with Gasteiger partial charge in [-0.05, 0) is 19.8 Å². The second-order valence-electron chi connectivity index (χ2n) is 3.84. The van der Waals surface area contributed by atoms with Crippen LogP contribution < -0.4 is 5.32 Å². The topological polar surface area (TPSA) is 21.3 Å². The van der Waals surface area contributed by atoms with E-state index in [-0.39, 0.29) is 0 Å². The Kier molecular flexibility index (Phi) is 2.63. The minimum atomic E-state index is 0.468. The predicted molar refractivity (Wildman–Crippen MR) is 52.4 cm³/mol. The second kappa shape index (κ2) is 3.56. The molecule has 12 heavy (non-hydrogen) atoms. The van der Waals surface area contributed by atoms with Crippen molar-refractivity contribution in [3.05, 3.63) is 0 Å². The fourth-order valence-electron chi connectivity index (χ4n) is 1.90. The Balaban J connectivity index is 1.85. The maximum Gasteiger partial charge on any atom is 0.0826 e. The minimum absolute atomic E-state index is 0.468. The van der Waals surface area contributed by atoms with Crippen molar-refractivity contribution in [2.24, 2.45) is 0 Å². The maximum absolute atomic E-state index is 5.81. The van der Waals surface area contributed by atoms with Gasteiger partial charge in [0.25, 0.3) is 0 Å². The first-order valence-electron chi connectivity index (χ1n) is 4.80. The third-order valence-electron chi connectivity index (χ3n) is 2.59. The summed E-state index contributed by atoms with van der Waals surface area (Å²) in [5.41, 5.74) is 0. The molecule has 2 aliphatic heterocycles. The molecule has 0 radical (unpaired) electrons. The lowest BCUT2D eigenvalue weighted by atomic mass is 10.2. The molecule has 0 aliphatic carbocycles. The molecule has 3 heteroatoms. The van der Waals surface area contributed by atoms with Crippen LogP contribution in [0.5, 0.6) is 0 Å². The lowest BCUT2D eigenvalue weighted by Crippen LogP contribution is -2.32. The van der Waals surface area contributed by atoms with Gasteiger partial charge in [0.05, 0.1) is 17.6 Å². The average molecular weight is 187 g/mol. The Morgan fingerprint density at radius 1 is 1.33 bits per heavy atom. The first-order valence-corrected chi connectivity index (χ1v) is 5.74. The molecule has 70 valence electrons. The molecule has 2 fully saturated rings. The zero-order valence-electron chi connectivity index (χ0n) is 7.75. The van der Waals surface area contributed by atoms with Crippen LogP contribution in [0, 0.1) is 0 Å². The van der Waals surface area contributed by atoms with E-state index in [0.29, 0.717) is 17.6 Å². The zero-order chi connectivity index (χ0) is 8.55. The first kappa shape index (κ1) is 8.85. The van der Waals surface area contributed by atoms with Gasteiger partial charge in [-0.2, -0.15) is 0 Å². The van der Waals surface area contributed by atoms with Crippen molar-refractivity contribution in [3.63, 3.8) is 0 Å². The van der Waals surface area contributed by atoms with E-state index in [0.717, 1.165) is 11.8 Å². The Morgan fingerprint density at radius 2 is 2.17 bits per heavy atom. The molecule has 1 N–H and O–H groups in total. The summed E-state index contributed by atoms with van der Waals surface area (Å²) in [4.78, 5) is 0. The average Bonchev–Trinajstić information content (AvgIpc) is 2.58. The Morgan fingerprint density at radius 3 is 2.67 bits per heavy atom. The number of nitrogens with one attached hydrogen (secondary N) is 1. The summed E-state index contributed by atoms with van der Waals surface area (Å²) in [5, 5.41) is 4.83. The third-order valence-corrected chi connectivity index (χ3v) is 3.98. The SMILES string of the molecule is CC1CCC(C2NCC(C)S2)O1. The Hall–Kier alpha value is 0.270. The van der Waals surface area contributed by atoms with E-state index in [9.17, 15) is 0 Å². The maximum atomic E-state index is 5.81. The first-order chi connectivity index (χ1) is 5.75. The van der Waals surface area contributed by atoms with Gasteiger partial charge in [0, 0.05) is 11.8 Å². The summed E-state index contributed by atoms with van der Waals surface area (Å²) in [5.74, 6) is 0. The van der Waals surface area contributed by atoms with Gasteiger partial charge < -0.3 is 10.1 Å². The van der Waals surface area contributed by atoms with E-state index in [2.05, 4.69) is 19.2 Å². The molecular weight excluding hydrogens is 170 g/mol. The number of rotatable bonds is 1. The fourth-order valence-corrected chi connectivity index (χ4v) is 3.16. The van der Waals surface area contributed by atoms with Crippen LogP contribution in [0.4, 0.5) is 0 Å². The van der Waals surface area contributed by atoms with Crippen LogP contribution >= 0.6 is 11.8 Å². The quantitative estimate of drug-likeness (QED) is 0.674. The van der Waals surface area contributed by atoms with Crippen LogP contribution in [0.15, 0.2) is 0 Å². The molecule has 4 unspecified atom stereocenters. The normalized spacial score (nSPS) is 48.5. The van der Waals surface area contributed by atoms with Crippen molar-refractivity contribution in [1.29, 1.82) is 0 Å². The molecule has 0 amide bonds. The molecular formula is C9H17NOS. The van der Waals surface area contributed by atoms with Crippen LogP contribution in [0.25, 0.3) is 0 Å². The molecule has 2 saturated heterocycles. The molecule has 2 nitrogen and oxygen atoms in total. The Labute approximate surface area is 78.4 Å². The second-order valence-corrected chi connectivity index (χ2v) is 5.42. The summed E-state index contributed by atoms with van der Waals surface area (Å²) in [6, 6.07) is 0. The highest BCUT2D eigenvalue weighted by molar-refractivity contribution is 8.00. The predicted octanol–water partition coefficient (Wildman–Crippen LogP) is 1.60. The van der Waals surface area contributed by atoms with Gasteiger partial charge >= 0.3 is 0 Å². The van der Waals surface area contributed by atoms with Crippen LogP contribution in [-0.2, 0) is 4.74 Å². The number of thioether (sulfide) groups is 1. The van der Waals surface area contributed by atoms with Crippen molar-refractivity contribution in [2.75, 3.05) is 6.54 Å².